The van der Waals surface area contributed by atoms with E-state index in [-0.39, 0.29) is 18.0 Å². The molecule has 0 fully saturated rings. The number of hydrogen-bond acceptors (Lipinski definition) is 5. The van der Waals surface area contributed by atoms with Gasteiger partial charge in [-0.1, -0.05) is 36.4 Å². The monoisotopic (exact) mass is 470 g/mol. The highest BCUT2D eigenvalue weighted by atomic mass is 16.6. The van der Waals surface area contributed by atoms with Crippen LogP contribution in [0.4, 0.5) is 5.69 Å². The number of carbonyl (C=O) groups is 1. The van der Waals surface area contributed by atoms with Gasteiger partial charge in [-0.3, -0.25) is 14.9 Å². The lowest BCUT2D eigenvalue weighted by Gasteiger charge is -2.07. The van der Waals surface area contributed by atoms with E-state index in [1.54, 1.807) is 16.8 Å². The molecule has 1 heterocycles. The Morgan fingerprint density at radius 1 is 0.943 bits per heavy atom. The number of nitrogens with zero attached hydrogens (tertiary/aromatic N) is 3. The third kappa shape index (κ3) is 6.54. The van der Waals surface area contributed by atoms with Crippen LogP contribution in [-0.2, 0) is 11.2 Å². The zero-order valence-electron chi connectivity index (χ0n) is 19.2. The second kappa shape index (κ2) is 11.6. The van der Waals surface area contributed by atoms with Crippen molar-refractivity contribution in [2.75, 3.05) is 13.2 Å². The van der Waals surface area contributed by atoms with Gasteiger partial charge in [0, 0.05) is 36.0 Å². The van der Waals surface area contributed by atoms with E-state index in [1.807, 2.05) is 66.9 Å². The van der Waals surface area contributed by atoms with Crippen LogP contribution in [0.25, 0.3) is 16.9 Å². The average molecular weight is 471 g/mol. The van der Waals surface area contributed by atoms with Crippen LogP contribution in [0.2, 0.25) is 0 Å². The molecular formula is C27H26N4O4. The van der Waals surface area contributed by atoms with Gasteiger partial charge < -0.3 is 10.1 Å². The summed E-state index contributed by atoms with van der Waals surface area (Å²) in [6, 6.07) is 25.4. The summed E-state index contributed by atoms with van der Waals surface area (Å²) in [6.45, 7) is 1.14. The van der Waals surface area contributed by atoms with E-state index < -0.39 is 4.92 Å². The second-order valence-electron chi connectivity index (χ2n) is 7.98. The SMILES string of the molecule is O=C(Cc1cn(-c2ccccc2)nc1-c1ccc([N+](=O)[O-])cc1)NCCCCOc1ccccc1. The number of non-ortho nitro benzene ring substituents is 1. The van der Waals surface area contributed by atoms with Gasteiger partial charge in [0.1, 0.15) is 5.75 Å². The molecule has 35 heavy (non-hydrogen) atoms. The van der Waals surface area contributed by atoms with Crippen molar-refractivity contribution in [3.05, 3.63) is 107 Å². The third-order valence-electron chi connectivity index (χ3n) is 5.42. The molecule has 1 aromatic heterocycles. The molecule has 0 atom stereocenters. The maximum atomic E-state index is 12.7. The highest BCUT2D eigenvalue weighted by Gasteiger charge is 2.16. The van der Waals surface area contributed by atoms with Crippen molar-refractivity contribution in [2.24, 2.45) is 0 Å². The fourth-order valence-electron chi connectivity index (χ4n) is 3.63. The van der Waals surface area contributed by atoms with Crippen molar-refractivity contribution in [3.8, 4) is 22.7 Å². The number of ether oxygens (including phenoxy) is 1. The Bertz CT molecular complexity index is 1260. The van der Waals surface area contributed by atoms with Crippen molar-refractivity contribution in [1.82, 2.24) is 15.1 Å². The molecule has 0 bridgehead atoms. The van der Waals surface area contributed by atoms with Gasteiger partial charge in [-0.2, -0.15) is 5.10 Å². The molecule has 1 amide bonds. The predicted molar refractivity (Wildman–Crippen MR) is 134 cm³/mol. The molecule has 0 saturated heterocycles. The number of nitro benzene ring substituents is 1. The molecule has 1 N–H and O–H groups in total. The molecule has 3 aromatic carbocycles. The van der Waals surface area contributed by atoms with Gasteiger partial charge in [0.05, 0.1) is 29.3 Å². The van der Waals surface area contributed by atoms with Gasteiger partial charge in [-0.15, -0.1) is 0 Å². The Morgan fingerprint density at radius 2 is 1.63 bits per heavy atom. The molecule has 0 aliphatic carbocycles. The summed E-state index contributed by atoms with van der Waals surface area (Å²) in [5.74, 6) is 0.732. The van der Waals surface area contributed by atoms with E-state index in [0.717, 1.165) is 29.8 Å². The quantitative estimate of drug-likeness (QED) is 0.190. The molecule has 0 spiro atoms. The molecule has 178 valence electrons. The normalized spacial score (nSPS) is 10.6. The van der Waals surface area contributed by atoms with Gasteiger partial charge in [0.25, 0.3) is 5.69 Å². The first kappa shape index (κ1) is 23.7. The van der Waals surface area contributed by atoms with E-state index >= 15 is 0 Å². The number of amides is 1. The van der Waals surface area contributed by atoms with Crippen LogP contribution in [-0.4, -0.2) is 33.8 Å². The summed E-state index contributed by atoms with van der Waals surface area (Å²) in [7, 11) is 0. The third-order valence-corrected chi connectivity index (χ3v) is 5.42. The molecule has 0 unspecified atom stereocenters. The minimum atomic E-state index is -0.439. The van der Waals surface area contributed by atoms with E-state index in [4.69, 9.17) is 4.74 Å². The van der Waals surface area contributed by atoms with E-state index in [1.165, 1.54) is 12.1 Å². The molecule has 0 aliphatic rings. The van der Waals surface area contributed by atoms with Crippen LogP contribution in [0.5, 0.6) is 5.75 Å². The number of unbranched alkanes of at least 4 members (excludes halogenated alkanes) is 1. The molecule has 0 saturated carbocycles. The Balaban J connectivity index is 1.38. The summed E-state index contributed by atoms with van der Waals surface area (Å²) in [5.41, 5.74) is 2.95. The fraction of sp³-hybridized carbons (Fsp3) is 0.185. The first-order valence-electron chi connectivity index (χ1n) is 11.4. The molecular weight excluding hydrogens is 444 g/mol. The van der Waals surface area contributed by atoms with Crippen molar-refractivity contribution < 1.29 is 14.5 Å². The number of aromatic nitrogens is 2. The van der Waals surface area contributed by atoms with E-state index in [2.05, 4.69) is 10.4 Å². The number of para-hydroxylation sites is 2. The molecule has 4 aromatic rings. The Morgan fingerprint density at radius 3 is 2.31 bits per heavy atom. The molecule has 4 rings (SSSR count). The number of hydrogen-bond donors (Lipinski definition) is 1. The van der Waals surface area contributed by atoms with Crippen LogP contribution in [0.15, 0.2) is 91.1 Å². The Labute approximate surface area is 203 Å². The van der Waals surface area contributed by atoms with Crippen molar-refractivity contribution in [1.29, 1.82) is 0 Å². The highest BCUT2D eigenvalue weighted by Crippen LogP contribution is 2.26. The van der Waals surface area contributed by atoms with Gasteiger partial charge in [0.2, 0.25) is 5.91 Å². The smallest absolute Gasteiger partial charge is 0.269 e. The first-order valence-corrected chi connectivity index (χ1v) is 11.4. The van der Waals surface area contributed by atoms with Crippen LogP contribution in [0.1, 0.15) is 18.4 Å². The lowest BCUT2D eigenvalue weighted by atomic mass is 10.1. The number of nitro groups is 1. The lowest BCUT2D eigenvalue weighted by molar-refractivity contribution is -0.384. The Kier molecular flexibility index (Phi) is 7.85. The number of carbonyl (C=O) groups excluding carboxylic acids is 1. The average Bonchev–Trinajstić information content (AvgIpc) is 3.31. The summed E-state index contributed by atoms with van der Waals surface area (Å²) in [4.78, 5) is 23.2. The summed E-state index contributed by atoms with van der Waals surface area (Å²) in [5, 5.41) is 18.7. The van der Waals surface area contributed by atoms with Gasteiger partial charge >= 0.3 is 0 Å². The minimum absolute atomic E-state index is 0.00628. The largest absolute Gasteiger partial charge is 0.494 e. The zero-order valence-corrected chi connectivity index (χ0v) is 19.2. The number of rotatable bonds is 11. The van der Waals surface area contributed by atoms with Crippen molar-refractivity contribution in [3.63, 3.8) is 0 Å². The van der Waals surface area contributed by atoms with Crippen LogP contribution >= 0.6 is 0 Å². The van der Waals surface area contributed by atoms with Crippen molar-refractivity contribution in [2.45, 2.75) is 19.3 Å². The Hall–Kier alpha value is -4.46. The van der Waals surface area contributed by atoms with Crippen molar-refractivity contribution >= 4 is 11.6 Å². The zero-order chi connectivity index (χ0) is 24.5. The topological polar surface area (TPSA) is 99.3 Å². The van der Waals surface area contributed by atoms with E-state index in [9.17, 15) is 14.9 Å². The molecule has 0 radical (unpaired) electrons. The molecule has 8 heteroatoms. The number of benzene rings is 3. The standard InChI is InChI=1S/C27H26N4O4/c32-26(28-17-7-8-18-35-25-11-5-2-6-12-25)19-22-20-30(23-9-3-1-4-10-23)29-27(22)21-13-15-24(16-14-21)31(33)34/h1-6,9-16,20H,7-8,17-19H2,(H,28,32). The lowest BCUT2D eigenvalue weighted by Crippen LogP contribution is -2.26. The molecule has 0 aliphatic heterocycles. The van der Waals surface area contributed by atoms with Gasteiger partial charge in [0.15, 0.2) is 0 Å². The second-order valence-corrected chi connectivity index (χ2v) is 7.98. The van der Waals surface area contributed by atoms with Crippen LogP contribution < -0.4 is 10.1 Å². The maximum absolute atomic E-state index is 12.7. The van der Waals surface area contributed by atoms with Crippen LogP contribution in [0, 0.1) is 10.1 Å². The van der Waals surface area contributed by atoms with Gasteiger partial charge in [-0.05, 0) is 49.2 Å². The predicted octanol–water partition coefficient (Wildman–Crippen LogP) is 4.97. The minimum Gasteiger partial charge on any atom is -0.494 e. The number of nitrogens with one attached hydrogen (secondary N) is 1. The highest BCUT2D eigenvalue weighted by molar-refractivity contribution is 5.81. The first-order chi connectivity index (χ1) is 17.1. The van der Waals surface area contributed by atoms with Crippen LogP contribution in [0.3, 0.4) is 0 Å². The fourth-order valence-corrected chi connectivity index (χ4v) is 3.63. The van der Waals surface area contributed by atoms with Gasteiger partial charge in [-0.25, -0.2) is 4.68 Å². The summed E-state index contributed by atoms with van der Waals surface area (Å²) >= 11 is 0. The molecule has 8 nitrogen and oxygen atoms in total. The summed E-state index contributed by atoms with van der Waals surface area (Å²) < 4.78 is 7.40. The van der Waals surface area contributed by atoms with E-state index in [0.29, 0.717) is 24.4 Å². The maximum Gasteiger partial charge on any atom is 0.269 e. The summed E-state index contributed by atoms with van der Waals surface area (Å²) in [6.07, 6.45) is 3.62.